The summed E-state index contributed by atoms with van der Waals surface area (Å²) in [6.45, 7) is 0. The third kappa shape index (κ3) is 2.51. The summed E-state index contributed by atoms with van der Waals surface area (Å²) in [6, 6.07) is 30.7. The molecule has 2 heteroatoms. The highest BCUT2D eigenvalue weighted by atomic mass is 28.3. The average molecular weight is 313 g/mol. The topological polar surface area (TPSA) is 4.93 Å². The highest BCUT2D eigenvalue weighted by Gasteiger charge is 2.22. The van der Waals surface area contributed by atoms with Gasteiger partial charge in [-0.3, -0.25) is 0 Å². The first-order valence-electron chi connectivity index (χ1n) is 7.98. The minimum absolute atomic E-state index is 1.31. The van der Waals surface area contributed by atoms with E-state index in [0.29, 0.717) is 0 Å². The van der Waals surface area contributed by atoms with Gasteiger partial charge >= 0.3 is 0 Å². The molecule has 0 fully saturated rings. The Morgan fingerprint density at radius 2 is 1.17 bits per heavy atom. The zero-order chi connectivity index (χ0) is 15.6. The number of hydrogen-bond acceptors (Lipinski definition) is 0. The summed E-state index contributed by atoms with van der Waals surface area (Å²) < 4.78 is 2.26. The monoisotopic (exact) mass is 313 g/mol. The van der Waals surface area contributed by atoms with E-state index in [2.05, 4.69) is 103 Å². The molecule has 0 aliphatic rings. The molecule has 23 heavy (non-hydrogen) atoms. The molecule has 1 aromatic heterocycles. The van der Waals surface area contributed by atoms with Crippen molar-refractivity contribution in [2.24, 2.45) is 7.05 Å². The van der Waals surface area contributed by atoms with Crippen molar-refractivity contribution in [1.29, 1.82) is 0 Å². The van der Waals surface area contributed by atoms with Gasteiger partial charge in [-0.15, -0.1) is 0 Å². The number of fused-ring (bicyclic) bond motifs is 1. The zero-order valence-electron chi connectivity index (χ0n) is 13.2. The molecule has 0 saturated carbocycles. The standard InChI is InChI=1S/C21H19NSi/c1-22-16-21(19-14-8-9-15-20(19)22)23(17-10-4-2-5-11-17)18-12-6-3-7-13-18/h2-16,23H,1H3. The van der Waals surface area contributed by atoms with Crippen LogP contribution in [0.5, 0.6) is 0 Å². The van der Waals surface area contributed by atoms with Crippen LogP contribution in [0.4, 0.5) is 0 Å². The quantitative estimate of drug-likeness (QED) is 0.512. The second-order valence-electron chi connectivity index (χ2n) is 5.97. The highest BCUT2D eigenvalue weighted by molar-refractivity contribution is 6.96. The van der Waals surface area contributed by atoms with E-state index in [1.165, 1.54) is 26.5 Å². The Bertz CT molecular complexity index is 886. The van der Waals surface area contributed by atoms with E-state index in [0.717, 1.165) is 0 Å². The van der Waals surface area contributed by atoms with Crippen LogP contribution in [0.25, 0.3) is 10.9 Å². The first-order valence-corrected chi connectivity index (χ1v) is 9.71. The first-order chi connectivity index (χ1) is 11.3. The van der Waals surface area contributed by atoms with E-state index in [1.54, 1.807) is 0 Å². The van der Waals surface area contributed by atoms with Crippen LogP contribution >= 0.6 is 0 Å². The summed E-state index contributed by atoms with van der Waals surface area (Å²) in [4.78, 5) is 0. The normalized spacial score (nSPS) is 11.2. The molecule has 1 heterocycles. The molecule has 0 spiro atoms. The Morgan fingerprint density at radius 3 is 1.78 bits per heavy atom. The van der Waals surface area contributed by atoms with Crippen molar-refractivity contribution in [3.8, 4) is 0 Å². The summed E-state index contributed by atoms with van der Waals surface area (Å²) in [5.74, 6) is 0. The van der Waals surface area contributed by atoms with Gasteiger partial charge < -0.3 is 4.57 Å². The lowest BCUT2D eigenvalue weighted by atomic mass is 10.2. The number of hydrogen-bond donors (Lipinski definition) is 0. The Morgan fingerprint density at radius 1 is 0.652 bits per heavy atom. The number of aryl methyl sites for hydroxylation is 1. The number of nitrogens with zero attached hydrogens (tertiary/aromatic N) is 1. The molecule has 0 aliphatic carbocycles. The van der Waals surface area contributed by atoms with Gasteiger partial charge in [0, 0.05) is 18.8 Å². The molecule has 0 unspecified atom stereocenters. The predicted octanol–water partition coefficient (Wildman–Crippen LogP) is 2.43. The smallest absolute Gasteiger partial charge is 0.135 e. The van der Waals surface area contributed by atoms with Gasteiger partial charge in [0.25, 0.3) is 0 Å². The van der Waals surface area contributed by atoms with Crippen molar-refractivity contribution in [1.82, 2.24) is 4.57 Å². The van der Waals surface area contributed by atoms with E-state index in [9.17, 15) is 0 Å². The molecular formula is C21H19NSi. The predicted molar refractivity (Wildman–Crippen MR) is 102 cm³/mol. The van der Waals surface area contributed by atoms with Crippen LogP contribution in [0.1, 0.15) is 0 Å². The van der Waals surface area contributed by atoms with Crippen molar-refractivity contribution in [2.75, 3.05) is 0 Å². The van der Waals surface area contributed by atoms with Gasteiger partial charge in [0.05, 0.1) is 0 Å². The van der Waals surface area contributed by atoms with E-state index in [1.807, 2.05) is 0 Å². The van der Waals surface area contributed by atoms with Gasteiger partial charge in [-0.05, 0) is 16.6 Å². The molecule has 3 aromatic carbocycles. The Kier molecular flexibility index (Phi) is 3.60. The minimum Gasteiger partial charge on any atom is -0.351 e. The van der Waals surface area contributed by atoms with Crippen LogP contribution in [-0.2, 0) is 7.05 Å². The summed E-state index contributed by atoms with van der Waals surface area (Å²) in [6.07, 6.45) is 2.33. The maximum absolute atomic E-state index is 2.33. The summed E-state index contributed by atoms with van der Waals surface area (Å²) in [7, 11) is 0.687. The largest absolute Gasteiger partial charge is 0.351 e. The van der Waals surface area contributed by atoms with E-state index >= 15 is 0 Å². The maximum Gasteiger partial charge on any atom is 0.135 e. The van der Waals surface area contributed by atoms with Crippen LogP contribution in [-0.4, -0.2) is 13.4 Å². The molecule has 0 amide bonds. The van der Waals surface area contributed by atoms with Crippen LogP contribution in [0.3, 0.4) is 0 Å². The number of rotatable bonds is 3. The first kappa shape index (κ1) is 14.0. The fourth-order valence-corrected chi connectivity index (χ4v) is 6.69. The Balaban J connectivity index is 1.98. The van der Waals surface area contributed by atoms with Gasteiger partial charge in [0.2, 0.25) is 0 Å². The third-order valence-electron chi connectivity index (χ3n) is 4.50. The lowest BCUT2D eigenvalue weighted by molar-refractivity contribution is 0.972. The maximum atomic E-state index is 2.33. The molecule has 112 valence electrons. The van der Waals surface area contributed by atoms with Gasteiger partial charge in [-0.2, -0.15) is 0 Å². The fraction of sp³-hybridized carbons (Fsp3) is 0.0476. The van der Waals surface area contributed by atoms with Gasteiger partial charge in [0.15, 0.2) is 0 Å². The molecule has 0 aliphatic heterocycles. The molecule has 0 atom stereocenters. The fourth-order valence-electron chi connectivity index (χ4n) is 3.45. The molecular weight excluding hydrogens is 294 g/mol. The summed E-state index contributed by atoms with van der Waals surface area (Å²) in [5, 5.41) is 5.82. The van der Waals surface area contributed by atoms with Crippen LogP contribution in [0.2, 0.25) is 0 Å². The molecule has 1 nitrogen and oxygen atoms in total. The summed E-state index contributed by atoms with van der Waals surface area (Å²) >= 11 is 0. The second kappa shape index (κ2) is 5.90. The van der Waals surface area contributed by atoms with Gasteiger partial charge in [-0.25, -0.2) is 0 Å². The van der Waals surface area contributed by atoms with Crippen molar-refractivity contribution in [3.63, 3.8) is 0 Å². The van der Waals surface area contributed by atoms with Crippen LogP contribution in [0, 0.1) is 0 Å². The molecule has 0 bridgehead atoms. The number of benzene rings is 3. The van der Waals surface area contributed by atoms with Gasteiger partial charge in [0.1, 0.15) is 8.80 Å². The highest BCUT2D eigenvalue weighted by Crippen LogP contribution is 2.13. The molecule has 4 aromatic rings. The van der Waals surface area contributed by atoms with E-state index in [-0.39, 0.29) is 0 Å². The molecule has 0 radical (unpaired) electrons. The SMILES string of the molecule is Cn1cc([SiH](c2ccccc2)c2ccccc2)c2ccccc21. The molecule has 0 saturated heterocycles. The van der Waals surface area contributed by atoms with Crippen molar-refractivity contribution in [3.05, 3.63) is 91.1 Å². The number of para-hydroxylation sites is 1. The van der Waals surface area contributed by atoms with Crippen molar-refractivity contribution >= 4 is 35.3 Å². The average Bonchev–Trinajstić information content (AvgIpc) is 2.94. The summed E-state index contributed by atoms with van der Waals surface area (Å²) in [5.41, 5.74) is 1.31. The molecule has 0 N–H and O–H groups in total. The van der Waals surface area contributed by atoms with Crippen LogP contribution < -0.4 is 15.6 Å². The van der Waals surface area contributed by atoms with E-state index < -0.39 is 8.80 Å². The van der Waals surface area contributed by atoms with Crippen molar-refractivity contribution in [2.45, 2.75) is 0 Å². The Labute approximate surface area is 138 Å². The van der Waals surface area contributed by atoms with Crippen molar-refractivity contribution < 1.29 is 0 Å². The van der Waals surface area contributed by atoms with E-state index in [4.69, 9.17) is 0 Å². The Hall–Kier alpha value is -2.58. The molecule has 4 rings (SSSR count). The zero-order valence-corrected chi connectivity index (χ0v) is 14.3. The number of aromatic nitrogens is 1. The second-order valence-corrected chi connectivity index (χ2v) is 8.79. The minimum atomic E-state index is -1.46. The van der Waals surface area contributed by atoms with Crippen LogP contribution in [0.15, 0.2) is 91.1 Å². The lowest BCUT2D eigenvalue weighted by Crippen LogP contribution is -2.51. The van der Waals surface area contributed by atoms with Gasteiger partial charge in [-0.1, -0.05) is 89.2 Å². The third-order valence-corrected chi connectivity index (χ3v) is 7.69. The lowest BCUT2D eigenvalue weighted by Gasteiger charge is -2.16.